The Morgan fingerprint density at radius 2 is 1.86 bits per heavy atom. The van der Waals surface area contributed by atoms with E-state index in [1.54, 1.807) is 4.90 Å². The minimum absolute atomic E-state index is 0.157. The second kappa shape index (κ2) is 7.10. The molecule has 29 heavy (non-hydrogen) atoms. The van der Waals surface area contributed by atoms with Gasteiger partial charge in [0.2, 0.25) is 5.72 Å². The number of carbonyl (C=O) groups excluding carboxylic acids is 1. The van der Waals surface area contributed by atoms with Crippen LogP contribution in [0.2, 0.25) is 0 Å². The minimum Gasteiger partial charge on any atom is -0.466 e. The third-order valence-corrected chi connectivity index (χ3v) is 6.08. The lowest BCUT2D eigenvalue weighted by Gasteiger charge is -2.50. The van der Waals surface area contributed by atoms with E-state index >= 15 is 0 Å². The van der Waals surface area contributed by atoms with Crippen molar-refractivity contribution in [2.24, 2.45) is 5.10 Å². The fraction of sp³-hybridized carbons (Fsp3) is 0.391. The van der Waals surface area contributed by atoms with Crippen LogP contribution in [0.15, 0.2) is 59.7 Å². The summed E-state index contributed by atoms with van der Waals surface area (Å²) in [6.07, 6.45) is 2.00. The molecule has 3 aliphatic rings. The Labute approximate surface area is 170 Å². The van der Waals surface area contributed by atoms with Crippen LogP contribution in [-0.2, 0) is 4.74 Å². The van der Waals surface area contributed by atoms with Gasteiger partial charge in [-0.05, 0) is 18.6 Å². The second-order valence-corrected chi connectivity index (χ2v) is 7.75. The molecule has 2 aromatic carbocycles. The van der Waals surface area contributed by atoms with Crippen LogP contribution in [0.3, 0.4) is 0 Å². The van der Waals surface area contributed by atoms with Crippen molar-refractivity contribution in [1.82, 2.24) is 9.91 Å². The first-order valence-electron chi connectivity index (χ1n) is 10.3. The first kappa shape index (κ1) is 18.0. The lowest BCUT2D eigenvalue weighted by Crippen LogP contribution is -2.59. The van der Waals surface area contributed by atoms with Crippen LogP contribution in [0.4, 0.5) is 4.79 Å². The molecule has 6 heteroatoms. The van der Waals surface area contributed by atoms with Crippen LogP contribution >= 0.6 is 0 Å². The Bertz CT molecular complexity index is 935. The fourth-order valence-electron chi connectivity index (χ4n) is 4.62. The van der Waals surface area contributed by atoms with Gasteiger partial charge in [0.15, 0.2) is 0 Å². The van der Waals surface area contributed by atoms with Crippen molar-refractivity contribution in [3.05, 3.63) is 65.7 Å². The van der Waals surface area contributed by atoms with Gasteiger partial charge in [-0.3, -0.25) is 0 Å². The van der Waals surface area contributed by atoms with E-state index in [2.05, 4.69) is 29.3 Å². The van der Waals surface area contributed by atoms with E-state index in [-0.39, 0.29) is 12.1 Å². The summed E-state index contributed by atoms with van der Waals surface area (Å²) < 4.78 is 11.8. The highest BCUT2D eigenvalue weighted by Crippen LogP contribution is 2.49. The SMILES string of the molecule is CCOC(=O)N1CCC2(CC1)Oc1ccccc1[C@H]1CC(c3ccccc3)=NN12. The highest BCUT2D eigenvalue weighted by Gasteiger charge is 2.52. The van der Waals surface area contributed by atoms with Crippen LogP contribution in [0, 0.1) is 0 Å². The molecule has 150 valence electrons. The van der Waals surface area contributed by atoms with Crippen molar-refractivity contribution >= 4 is 11.8 Å². The fourth-order valence-corrected chi connectivity index (χ4v) is 4.62. The zero-order chi connectivity index (χ0) is 19.8. The number of para-hydroxylation sites is 1. The highest BCUT2D eigenvalue weighted by molar-refractivity contribution is 6.01. The van der Waals surface area contributed by atoms with Gasteiger partial charge in [-0.2, -0.15) is 5.10 Å². The molecule has 0 saturated carbocycles. The van der Waals surface area contributed by atoms with Crippen LogP contribution in [0.5, 0.6) is 5.75 Å². The minimum atomic E-state index is -0.529. The molecular formula is C23H25N3O3. The molecule has 1 fully saturated rings. The average molecular weight is 391 g/mol. The van der Waals surface area contributed by atoms with Gasteiger partial charge in [0.25, 0.3) is 0 Å². The van der Waals surface area contributed by atoms with Crippen LogP contribution in [-0.4, -0.2) is 47.1 Å². The molecule has 1 amide bonds. The normalized spacial score (nSPS) is 21.8. The van der Waals surface area contributed by atoms with Crippen molar-refractivity contribution in [1.29, 1.82) is 0 Å². The van der Waals surface area contributed by atoms with Gasteiger partial charge in [0.1, 0.15) is 5.75 Å². The molecule has 3 aliphatic heterocycles. The maximum Gasteiger partial charge on any atom is 0.409 e. The van der Waals surface area contributed by atoms with E-state index in [1.807, 2.05) is 37.3 Å². The van der Waals surface area contributed by atoms with Crippen LogP contribution < -0.4 is 4.74 Å². The molecular weight excluding hydrogens is 366 g/mol. The number of ether oxygens (including phenoxy) is 2. The first-order chi connectivity index (χ1) is 14.2. The second-order valence-electron chi connectivity index (χ2n) is 7.75. The summed E-state index contributed by atoms with van der Waals surface area (Å²) in [6.45, 7) is 3.42. The first-order valence-corrected chi connectivity index (χ1v) is 10.3. The number of hydrogen-bond donors (Lipinski definition) is 0. The van der Waals surface area contributed by atoms with Crippen molar-refractivity contribution in [2.75, 3.05) is 19.7 Å². The number of hydrogen-bond acceptors (Lipinski definition) is 5. The predicted octanol–water partition coefficient (Wildman–Crippen LogP) is 4.18. The van der Waals surface area contributed by atoms with Gasteiger partial charge in [-0.1, -0.05) is 48.5 Å². The summed E-state index contributed by atoms with van der Waals surface area (Å²) in [7, 11) is 0. The summed E-state index contributed by atoms with van der Waals surface area (Å²) in [6, 6.07) is 18.8. The number of benzene rings is 2. The maximum absolute atomic E-state index is 12.2. The van der Waals surface area contributed by atoms with Crippen molar-refractivity contribution < 1.29 is 14.3 Å². The molecule has 2 aromatic rings. The molecule has 1 saturated heterocycles. The summed E-state index contributed by atoms with van der Waals surface area (Å²) in [5.41, 5.74) is 2.89. The van der Waals surface area contributed by atoms with Crippen molar-refractivity contribution in [3.8, 4) is 5.75 Å². The molecule has 0 aliphatic carbocycles. The third kappa shape index (κ3) is 3.03. The molecule has 0 aromatic heterocycles. The maximum atomic E-state index is 12.2. The molecule has 0 radical (unpaired) electrons. The molecule has 0 N–H and O–H groups in total. The summed E-state index contributed by atoms with van der Waals surface area (Å²) >= 11 is 0. The van der Waals surface area contributed by atoms with E-state index < -0.39 is 5.72 Å². The zero-order valence-corrected chi connectivity index (χ0v) is 16.6. The molecule has 0 unspecified atom stereocenters. The molecule has 0 bridgehead atoms. The Kier molecular flexibility index (Phi) is 4.42. The monoisotopic (exact) mass is 391 g/mol. The Morgan fingerprint density at radius 3 is 2.62 bits per heavy atom. The summed E-state index contributed by atoms with van der Waals surface area (Å²) in [5.74, 6) is 0.933. The van der Waals surface area contributed by atoms with Gasteiger partial charge in [0.05, 0.1) is 18.4 Å². The summed E-state index contributed by atoms with van der Waals surface area (Å²) in [4.78, 5) is 13.9. The molecule has 3 heterocycles. The predicted molar refractivity (Wildman–Crippen MR) is 110 cm³/mol. The zero-order valence-electron chi connectivity index (χ0n) is 16.6. The number of hydrazone groups is 1. The number of likely N-dealkylation sites (tertiary alicyclic amines) is 1. The van der Waals surface area contributed by atoms with Crippen LogP contribution in [0.1, 0.15) is 43.4 Å². The molecule has 6 nitrogen and oxygen atoms in total. The lowest BCUT2D eigenvalue weighted by molar-refractivity contribution is -0.147. The van der Waals surface area contributed by atoms with Gasteiger partial charge in [0, 0.05) is 37.9 Å². The van der Waals surface area contributed by atoms with Gasteiger partial charge in [-0.15, -0.1) is 0 Å². The number of piperidine rings is 1. The Balaban J connectivity index is 1.48. The van der Waals surface area contributed by atoms with E-state index in [9.17, 15) is 4.79 Å². The van der Waals surface area contributed by atoms with Crippen LogP contribution in [0.25, 0.3) is 0 Å². The quantitative estimate of drug-likeness (QED) is 0.771. The smallest absolute Gasteiger partial charge is 0.409 e. The van der Waals surface area contributed by atoms with E-state index in [0.717, 1.165) is 23.4 Å². The molecule has 5 rings (SSSR count). The third-order valence-electron chi connectivity index (χ3n) is 6.08. The van der Waals surface area contributed by atoms with Gasteiger partial charge < -0.3 is 14.4 Å². The molecule has 1 atom stereocenters. The average Bonchev–Trinajstić information content (AvgIpc) is 3.22. The highest BCUT2D eigenvalue weighted by atomic mass is 16.6. The van der Waals surface area contributed by atoms with E-state index in [0.29, 0.717) is 32.5 Å². The Morgan fingerprint density at radius 1 is 1.14 bits per heavy atom. The number of carbonyl (C=O) groups is 1. The van der Waals surface area contributed by atoms with Gasteiger partial charge >= 0.3 is 6.09 Å². The number of amides is 1. The molecule has 1 spiro atoms. The van der Waals surface area contributed by atoms with Crippen molar-refractivity contribution in [2.45, 2.75) is 38.0 Å². The largest absolute Gasteiger partial charge is 0.466 e. The summed E-state index contributed by atoms with van der Waals surface area (Å²) in [5, 5.41) is 7.22. The van der Waals surface area contributed by atoms with E-state index in [4.69, 9.17) is 14.6 Å². The lowest BCUT2D eigenvalue weighted by atomic mass is 9.91. The topological polar surface area (TPSA) is 54.4 Å². The number of rotatable bonds is 2. The van der Waals surface area contributed by atoms with Crippen molar-refractivity contribution in [3.63, 3.8) is 0 Å². The van der Waals surface area contributed by atoms with Gasteiger partial charge in [-0.25, -0.2) is 9.80 Å². The number of nitrogens with zero attached hydrogens (tertiary/aromatic N) is 3. The standard InChI is InChI=1S/C23H25N3O3/c1-2-28-22(27)25-14-12-23(13-15-25)26-20(18-10-6-7-11-21(18)29-23)16-19(24-26)17-8-4-3-5-9-17/h3-11,20H,2,12-16H2,1H3/t20-/m1/s1. The van der Waals surface area contributed by atoms with E-state index in [1.165, 1.54) is 5.56 Å². The number of fused-ring (bicyclic) bond motifs is 4. The Hall–Kier alpha value is -3.02.